The SMILES string of the molecule is CCCCN1C(=O)/C(=C\c2ccc(OC)c(COc3ccc(Br)cc3)c2)NC1=S. The largest absolute Gasteiger partial charge is 0.496 e. The minimum Gasteiger partial charge on any atom is -0.496 e. The van der Waals surface area contributed by atoms with Crippen molar-refractivity contribution in [1.29, 1.82) is 0 Å². The number of carbonyl (C=O) groups is 1. The van der Waals surface area contributed by atoms with Gasteiger partial charge in [-0.15, -0.1) is 0 Å². The summed E-state index contributed by atoms with van der Waals surface area (Å²) in [6.07, 6.45) is 3.73. The number of ether oxygens (including phenoxy) is 2. The number of benzene rings is 2. The number of carbonyl (C=O) groups excluding carboxylic acids is 1. The molecule has 0 aliphatic carbocycles. The average molecular weight is 475 g/mol. The van der Waals surface area contributed by atoms with Gasteiger partial charge in [-0.3, -0.25) is 9.69 Å². The molecule has 0 atom stereocenters. The molecule has 0 aromatic heterocycles. The number of amides is 1. The number of nitrogens with one attached hydrogen (secondary N) is 1. The average Bonchev–Trinajstić information content (AvgIpc) is 2.98. The first-order valence-electron chi connectivity index (χ1n) is 9.41. The smallest absolute Gasteiger partial charge is 0.276 e. The highest BCUT2D eigenvalue weighted by atomic mass is 79.9. The summed E-state index contributed by atoms with van der Waals surface area (Å²) < 4.78 is 12.3. The van der Waals surface area contributed by atoms with E-state index in [1.807, 2.05) is 48.5 Å². The number of hydrogen-bond acceptors (Lipinski definition) is 4. The maximum atomic E-state index is 12.6. The van der Waals surface area contributed by atoms with Gasteiger partial charge in [0, 0.05) is 16.6 Å². The quantitative estimate of drug-likeness (QED) is 0.435. The molecule has 1 fully saturated rings. The Morgan fingerprint density at radius 1 is 1.21 bits per heavy atom. The Hall–Kier alpha value is -2.38. The van der Waals surface area contributed by atoms with E-state index in [2.05, 4.69) is 28.2 Å². The van der Waals surface area contributed by atoms with Crippen molar-refractivity contribution >= 4 is 45.2 Å². The number of rotatable bonds is 8. The minimum atomic E-state index is -0.0908. The van der Waals surface area contributed by atoms with E-state index in [4.69, 9.17) is 21.7 Å². The lowest BCUT2D eigenvalue weighted by Crippen LogP contribution is -2.31. The summed E-state index contributed by atoms with van der Waals surface area (Å²) in [5.41, 5.74) is 2.24. The van der Waals surface area contributed by atoms with Crippen LogP contribution in [0.1, 0.15) is 30.9 Å². The fourth-order valence-corrected chi connectivity index (χ4v) is 3.50. The molecule has 2 aromatic rings. The highest BCUT2D eigenvalue weighted by Gasteiger charge is 2.29. The van der Waals surface area contributed by atoms with Gasteiger partial charge in [0.15, 0.2) is 5.11 Å². The lowest BCUT2D eigenvalue weighted by Gasteiger charge is -2.12. The molecule has 1 aliphatic rings. The molecular weight excluding hydrogens is 452 g/mol. The van der Waals surface area contributed by atoms with E-state index in [9.17, 15) is 4.79 Å². The molecule has 1 heterocycles. The first kappa shape index (κ1) is 21.3. The lowest BCUT2D eigenvalue weighted by atomic mass is 10.1. The van der Waals surface area contributed by atoms with Crippen LogP contribution in [0.25, 0.3) is 6.08 Å². The summed E-state index contributed by atoms with van der Waals surface area (Å²) in [6.45, 7) is 3.07. The Morgan fingerprint density at radius 2 is 1.97 bits per heavy atom. The molecule has 1 saturated heterocycles. The van der Waals surface area contributed by atoms with Gasteiger partial charge in [-0.05, 0) is 66.7 Å². The Kier molecular flexibility index (Phi) is 7.28. The summed E-state index contributed by atoms with van der Waals surface area (Å²) in [5.74, 6) is 1.41. The predicted octanol–water partition coefficient (Wildman–Crippen LogP) is 4.89. The second-order valence-electron chi connectivity index (χ2n) is 6.61. The molecule has 1 amide bonds. The summed E-state index contributed by atoms with van der Waals surface area (Å²) in [5, 5.41) is 3.48. The van der Waals surface area contributed by atoms with Gasteiger partial charge < -0.3 is 14.8 Å². The van der Waals surface area contributed by atoms with Crippen LogP contribution >= 0.6 is 28.1 Å². The van der Waals surface area contributed by atoms with Crippen LogP contribution in [-0.2, 0) is 11.4 Å². The van der Waals surface area contributed by atoms with Gasteiger partial charge in [-0.2, -0.15) is 0 Å². The second-order valence-corrected chi connectivity index (χ2v) is 7.91. The Morgan fingerprint density at radius 3 is 2.66 bits per heavy atom. The fraction of sp³-hybridized carbons (Fsp3) is 0.273. The van der Waals surface area contributed by atoms with E-state index in [1.54, 1.807) is 12.0 Å². The maximum Gasteiger partial charge on any atom is 0.276 e. The number of nitrogens with zero attached hydrogens (tertiary/aromatic N) is 1. The Balaban J connectivity index is 1.77. The van der Waals surface area contributed by atoms with Crippen LogP contribution in [0.3, 0.4) is 0 Å². The van der Waals surface area contributed by atoms with E-state index in [-0.39, 0.29) is 5.91 Å². The minimum absolute atomic E-state index is 0.0908. The summed E-state index contributed by atoms with van der Waals surface area (Å²) in [7, 11) is 1.63. The summed E-state index contributed by atoms with van der Waals surface area (Å²) in [4.78, 5) is 14.2. The number of unbranched alkanes of at least 4 members (excludes halogenated alkanes) is 1. The van der Waals surface area contributed by atoms with Crippen molar-refractivity contribution in [3.63, 3.8) is 0 Å². The number of methoxy groups -OCH3 is 1. The van der Waals surface area contributed by atoms with Gasteiger partial charge in [0.25, 0.3) is 5.91 Å². The second kappa shape index (κ2) is 9.89. The third-order valence-corrected chi connectivity index (χ3v) is 5.37. The van der Waals surface area contributed by atoms with E-state index in [0.717, 1.165) is 39.9 Å². The van der Waals surface area contributed by atoms with Crippen molar-refractivity contribution in [2.45, 2.75) is 26.4 Å². The van der Waals surface area contributed by atoms with Crippen LogP contribution < -0.4 is 14.8 Å². The van der Waals surface area contributed by atoms with Crippen LogP contribution in [0.2, 0.25) is 0 Å². The lowest BCUT2D eigenvalue weighted by molar-refractivity contribution is -0.122. The zero-order chi connectivity index (χ0) is 20.8. The Bertz CT molecular complexity index is 928. The third-order valence-electron chi connectivity index (χ3n) is 4.52. The monoisotopic (exact) mass is 474 g/mol. The molecule has 3 rings (SSSR count). The van der Waals surface area contributed by atoms with E-state index in [1.165, 1.54) is 0 Å². The van der Waals surface area contributed by atoms with Gasteiger partial charge in [0.2, 0.25) is 0 Å². The van der Waals surface area contributed by atoms with E-state index >= 15 is 0 Å². The van der Waals surface area contributed by atoms with Crippen molar-refractivity contribution in [2.24, 2.45) is 0 Å². The van der Waals surface area contributed by atoms with Crippen molar-refractivity contribution in [3.05, 3.63) is 63.8 Å². The molecule has 1 N–H and O–H groups in total. The Labute approximate surface area is 184 Å². The maximum absolute atomic E-state index is 12.6. The van der Waals surface area contributed by atoms with Crippen LogP contribution in [0.5, 0.6) is 11.5 Å². The van der Waals surface area contributed by atoms with Gasteiger partial charge in [0.05, 0.1) is 7.11 Å². The molecule has 5 nitrogen and oxygen atoms in total. The molecule has 0 radical (unpaired) electrons. The normalized spacial score (nSPS) is 15.0. The fourth-order valence-electron chi connectivity index (χ4n) is 2.95. The molecule has 0 bridgehead atoms. The highest BCUT2D eigenvalue weighted by molar-refractivity contribution is 9.10. The zero-order valence-electron chi connectivity index (χ0n) is 16.4. The number of thiocarbonyl (C=S) groups is 1. The van der Waals surface area contributed by atoms with Crippen molar-refractivity contribution in [2.75, 3.05) is 13.7 Å². The standard InChI is InChI=1S/C22H23BrN2O3S/c1-3-4-11-25-21(26)19(24-22(25)29)13-15-5-10-20(27-2)16(12-15)14-28-18-8-6-17(23)7-9-18/h5-10,12-13H,3-4,11,14H2,1-2H3,(H,24,29)/b19-13+. The van der Waals surface area contributed by atoms with Crippen LogP contribution in [-0.4, -0.2) is 29.6 Å². The van der Waals surface area contributed by atoms with E-state index in [0.29, 0.717) is 24.0 Å². The van der Waals surface area contributed by atoms with Gasteiger partial charge in [-0.25, -0.2) is 0 Å². The molecule has 152 valence electrons. The highest BCUT2D eigenvalue weighted by Crippen LogP contribution is 2.25. The molecule has 1 aliphatic heterocycles. The molecule has 2 aromatic carbocycles. The van der Waals surface area contributed by atoms with Crippen molar-refractivity contribution in [1.82, 2.24) is 10.2 Å². The van der Waals surface area contributed by atoms with Crippen LogP contribution in [0.15, 0.2) is 52.6 Å². The summed E-state index contributed by atoms with van der Waals surface area (Å²) in [6, 6.07) is 13.4. The molecule has 0 spiro atoms. The molecule has 0 unspecified atom stereocenters. The first-order chi connectivity index (χ1) is 14.0. The molecule has 0 saturated carbocycles. The zero-order valence-corrected chi connectivity index (χ0v) is 18.8. The summed E-state index contributed by atoms with van der Waals surface area (Å²) >= 11 is 8.72. The number of hydrogen-bond donors (Lipinski definition) is 1. The van der Waals surface area contributed by atoms with Crippen molar-refractivity contribution in [3.8, 4) is 11.5 Å². The van der Waals surface area contributed by atoms with E-state index < -0.39 is 0 Å². The first-order valence-corrected chi connectivity index (χ1v) is 10.6. The van der Waals surface area contributed by atoms with Crippen LogP contribution in [0.4, 0.5) is 0 Å². The number of halogens is 1. The van der Waals surface area contributed by atoms with Crippen molar-refractivity contribution < 1.29 is 14.3 Å². The van der Waals surface area contributed by atoms with Gasteiger partial charge >= 0.3 is 0 Å². The van der Waals surface area contributed by atoms with Gasteiger partial charge in [0.1, 0.15) is 23.8 Å². The predicted molar refractivity (Wildman–Crippen MR) is 122 cm³/mol. The molecule has 7 heteroatoms. The molecular formula is C22H23BrN2O3S. The topological polar surface area (TPSA) is 50.8 Å². The molecule has 29 heavy (non-hydrogen) atoms. The third kappa shape index (κ3) is 5.36. The van der Waals surface area contributed by atoms with Crippen LogP contribution in [0, 0.1) is 0 Å². The van der Waals surface area contributed by atoms with Gasteiger partial charge in [-0.1, -0.05) is 35.3 Å².